The molecule has 1 aromatic rings. The third kappa shape index (κ3) is 3.97. The zero-order valence-corrected chi connectivity index (χ0v) is 14.4. The number of carbonyl (C=O) groups is 1. The van der Waals surface area contributed by atoms with Gasteiger partial charge in [0.2, 0.25) is 0 Å². The zero-order chi connectivity index (χ0) is 19.2. The van der Waals surface area contributed by atoms with Gasteiger partial charge in [-0.15, -0.1) is 0 Å². The molecule has 2 nitrogen and oxygen atoms in total. The van der Waals surface area contributed by atoms with Crippen molar-refractivity contribution in [2.24, 2.45) is 17.3 Å². The summed E-state index contributed by atoms with van der Waals surface area (Å²) in [7, 11) is 0. The fourth-order valence-electron chi connectivity index (χ4n) is 2.89. The normalized spacial score (nSPS) is 22.7. The van der Waals surface area contributed by atoms with E-state index in [0.29, 0.717) is 11.1 Å². The zero-order valence-electron chi connectivity index (χ0n) is 13.7. The topological polar surface area (TPSA) is 26.3 Å². The molecular formula is C17H16ClF5O2. The molecule has 0 aliphatic heterocycles. The van der Waals surface area contributed by atoms with Crippen molar-refractivity contribution in [3.8, 4) is 0 Å². The number of ether oxygens (including phenoxy) is 1. The minimum Gasteiger partial charge on any atom is -0.460 e. The summed E-state index contributed by atoms with van der Waals surface area (Å²) in [5, 5.41) is 0.507. The van der Waals surface area contributed by atoms with Crippen molar-refractivity contribution in [1.29, 1.82) is 0 Å². The number of alkyl halides is 3. The highest BCUT2D eigenvalue weighted by Gasteiger charge is 2.61. The van der Waals surface area contributed by atoms with Gasteiger partial charge in [-0.05, 0) is 30.4 Å². The van der Waals surface area contributed by atoms with Gasteiger partial charge < -0.3 is 4.74 Å². The van der Waals surface area contributed by atoms with Crippen LogP contribution in [0.1, 0.15) is 31.9 Å². The number of esters is 1. The molecule has 0 N–H and O–H groups in total. The van der Waals surface area contributed by atoms with E-state index < -0.39 is 52.8 Å². The monoisotopic (exact) mass is 382 g/mol. The highest BCUT2D eigenvalue weighted by molar-refractivity contribution is 6.29. The molecular weight excluding hydrogens is 367 g/mol. The van der Waals surface area contributed by atoms with Crippen LogP contribution in [0.2, 0.25) is 0 Å². The average Bonchev–Trinajstić information content (AvgIpc) is 2.96. The molecule has 0 amide bonds. The van der Waals surface area contributed by atoms with Crippen LogP contribution in [0.5, 0.6) is 0 Å². The maximum atomic E-state index is 13.9. The van der Waals surface area contributed by atoms with E-state index in [0.717, 1.165) is 6.07 Å². The van der Waals surface area contributed by atoms with Gasteiger partial charge in [0.25, 0.3) is 0 Å². The second kappa shape index (κ2) is 6.59. The molecule has 1 aliphatic rings. The summed E-state index contributed by atoms with van der Waals surface area (Å²) in [4.78, 5) is 12.1. The Balaban J connectivity index is 2.13. The third-order valence-electron chi connectivity index (χ3n) is 4.40. The predicted octanol–water partition coefficient (Wildman–Crippen LogP) is 5.44. The summed E-state index contributed by atoms with van der Waals surface area (Å²) in [5.41, 5.74) is -2.95. The Morgan fingerprint density at radius 3 is 2.44 bits per heavy atom. The molecule has 2 unspecified atom stereocenters. The molecule has 1 saturated carbocycles. The largest absolute Gasteiger partial charge is 0.460 e. The molecule has 0 bridgehead atoms. The lowest BCUT2D eigenvalue weighted by atomic mass is 10.1. The second-order valence-electron chi connectivity index (χ2n) is 6.58. The summed E-state index contributed by atoms with van der Waals surface area (Å²) < 4.78 is 70.2. The molecule has 138 valence electrons. The van der Waals surface area contributed by atoms with Crippen LogP contribution in [0.3, 0.4) is 0 Å². The molecule has 0 spiro atoms. The SMILES string of the molecule is C/C(Cl)=C\C1C(C(=O)OCc2ccc(F)c(C(F)(F)F)c2F)C1(C)C. The second-order valence-corrected chi connectivity index (χ2v) is 7.18. The Morgan fingerprint density at radius 2 is 1.92 bits per heavy atom. The standard InChI is InChI=1S/C17H16ClF5O2/c1-8(18)6-10-12(16(10,2)3)15(24)25-7-9-4-5-11(19)13(14(9)20)17(21,22)23/h4-6,10,12H,7H2,1-3H3/b8-6+. The van der Waals surface area contributed by atoms with Crippen molar-refractivity contribution in [3.63, 3.8) is 0 Å². The maximum Gasteiger partial charge on any atom is 0.422 e. The Hall–Kier alpha value is -1.63. The Labute approximate surface area is 146 Å². The molecule has 2 rings (SSSR count). The fourth-order valence-corrected chi connectivity index (χ4v) is 3.03. The van der Waals surface area contributed by atoms with Gasteiger partial charge in [-0.25, -0.2) is 8.78 Å². The molecule has 1 aromatic carbocycles. The smallest absolute Gasteiger partial charge is 0.422 e. The maximum absolute atomic E-state index is 13.9. The average molecular weight is 383 g/mol. The lowest BCUT2D eigenvalue weighted by molar-refractivity contribution is -0.147. The fraction of sp³-hybridized carbons (Fsp3) is 0.471. The first-order valence-corrected chi connectivity index (χ1v) is 7.79. The molecule has 1 aliphatic carbocycles. The van der Waals surface area contributed by atoms with Gasteiger partial charge in [-0.1, -0.05) is 31.5 Å². The van der Waals surface area contributed by atoms with Gasteiger partial charge in [-0.3, -0.25) is 4.79 Å². The van der Waals surface area contributed by atoms with E-state index in [9.17, 15) is 26.7 Å². The van der Waals surface area contributed by atoms with Crippen molar-refractivity contribution < 1.29 is 31.5 Å². The van der Waals surface area contributed by atoms with Gasteiger partial charge in [0.15, 0.2) is 0 Å². The lowest BCUT2D eigenvalue weighted by Gasteiger charge is -2.13. The lowest BCUT2D eigenvalue weighted by Crippen LogP contribution is -2.15. The van der Waals surface area contributed by atoms with Gasteiger partial charge in [-0.2, -0.15) is 13.2 Å². The molecule has 8 heteroatoms. The number of carbonyl (C=O) groups excluding carboxylic acids is 1. The quantitative estimate of drug-likeness (QED) is 0.512. The summed E-state index contributed by atoms with van der Waals surface area (Å²) in [6, 6.07) is 1.32. The number of hydrogen-bond acceptors (Lipinski definition) is 2. The molecule has 2 atom stereocenters. The predicted molar refractivity (Wildman–Crippen MR) is 81.5 cm³/mol. The highest BCUT2D eigenvalue weighted by Crippen LogP contribution is 2.60. The van der Waals surface area contributed by atoms with Crippen LogP contribution < -0.4 is 0 Å². The number of rotatable bonds is 4. The van der Waals surface area contributed by atoms with Crippen LogP contribution in [0.15, 0.2) is 23.2 Å². The summed E-state index contributed by atoms with van der Waals surface area (Å²) in [6.07, 6.45) is -3.48. The van der Waals surface area contributed by atoms with Crippen molar-refractivity contribution in [2.45, 2.75) is 33.6 Å². The van der Waals surface area contributed by atoms with Crippen molar-refractivity contribution in [3.05, 3.63) is 46.0 Å². The first-order valence-electron chi connectivity index (χ1n) is 7.42. The molecule has 0 radical (unpaired) electrons. The van der Waals surface area contributed by atoms with E-state index in [1.807, 2.05) is 13.8 Å². The van der Waals surface area contributed by atoms with Crippen LogP contribution in [-0.4, -0.2) is 5.97 Å². The van der Waals surface area contributed by atoms with E-state index in [4.69, 9.17) is 16.3 Å². The van der Waals surface area contributed by atoms with E-state index in [2.05, 4.69) is 0 Å². The minimum atomic E-state index is -5.18. The van der Waals surface area contributed by atoms with Gasteiger partial charge >= 0.3 is 12.1 Å². The van der Waals surface area contributed by atoms with E-state index in [-0.39, 0.29) is 5.92 Å². The Bertz CT molecular complexity index is 720. The van der Waals surface area contributed by atoms with E-state index >= 15 is 0 Å². The Kier molecular flexibility index (Phi) is 5.19. The minimum absolute atomic E-state index is 0.165. The van der Waals surface area contributed by atoms with Crippen LogP contribution in [0.4, 0.5) is 22.0 Å². The molecule has 0 aromatic heterocycles. The molecule has 1 fully saturated rings. The van der Waals surface area contributed by atoms with Crippen LogP contribution >= 0.6 is 11.6 Å². The third-order valence-corrected chi connectivity index (χ3v) is 4.52. The molecule has 0 heterocycles. The van der Waals surface area contributed by atoms with E-state index in [1.165, 1.54) is 0 Å². The highest BCUT2D eigenvalue weighted by atomic mass is 35.5. The van der Waals surface area contributed by atoms with Crippen LogP contribution in [0.25, 0.3) is 0 Å². The number of halogens is 6. The van der Waals surface area contributed by atoms with Crippen molar-refractivity contribution >= 4 is 17.6 Å². The van der Waals surface area contributed by atoms with Gasteiger partial charge in [0, 0.05) is 10.6 Å². The molecule has 0 saturated heterocycles. The van der Waals surface area contributed by atoms with Gasteiger partial charge in [0.1, 0.15) is 23.8 Å². The van der Waals surface area contributed by atoms with Crippen molar-refractivity contribution in [2.75, 3.05) is 0 Å². The Morgan fingerprint density at radius 1 is 1.32 bits per heavy atom. The number of benzene rings is 1. The summed E-state index contributed by atoms with van der Waals surface area (Å²) in [5.74, 6) is -4.84. The molecule has 25 heavy (non-hydrogen) atoms. The number of allylic oxidation sites excluding steroid dienone is 2. The first kappa shape index (κ1) is 19.7. The van der Waals surface area contributed by atoms with Crippen LogP contribution in [-0.2, 0) is 22.3 Å². The van der Waals surface area contributed by atoms with Gasteiger partial charge in [0.05, 0.1) is 5.92 Å². The summed E-state index contributed by atoms with van der Waals surface area (Å²) in [6.45, 7) is 4.59. The summed E-state index contributed by atoms with van der Waals surface area (Å²) >= 11 is 5.80. The van der Waals surface area contributed by atoms with Crippen molar-refractivity contribution in [1.82, 2.24) is 0 Å². The van der Waals surface area contributed by atoms with E-state index in [1.54, 1.807) is 13.0 Å². The van der Waals surface area contributed by atoms with Crippen LogP contribution in [0, 0.1) is 28.9 Å². The first-order chi connectivity index (χ1) is 11.4. The number of hydrogen-bond donors (Lipinski definition) is 0.